The van der Waals surface area contributed by atoms with Crippen LogP contribution in [0.5, 0.6) is 11.5 Å². The van der Waals surface area contributed by atoms with Crippen LogP contribution in [0.2, 0.25) is 0 Å². The minimum atomic E-state index is 0. The van der Waals surface area contributed by atoms with Crippen molar-refractivity contribution >= 4 is 12.4 Å². The van der Waals surface area contributed by atoms with Gasteiger partial charge >= 0.3 is 0 Å². The minimum absolute atomic E-state index is 0. The first-order valence-electron chi connectivity index (χ1n) is 6.10. The Kier molecular flexibility index (Phi) is 6.25. The van der Waals surface area contributed by atoms with E-state index in [0.29, 0.717) is 12.6 Å². The Hall–Kier alpha value is -0.970. The van der Waals surface area contributed by atoms with Gasteiger partial charge in [0.25, 0.3) is 0 Å². The van der Waals surface area contributed by atoms with Gasteiger partial charge in [-0.1, -0.05) is 6.07 Å². The molecule has 102 valence electrons. The topological polar surface area (TPSA) is 42.5 Å². The molecule has 0 bridgehead atoms. The Labute approximate surface area is 114 Å². The van der Waals surface area contributed by atoms with Crippen LogP contribution in [-0.2, 0) is 0 Å². The number of hydrogen-bond donors (Lipinski definition) is 2. The van der Waals surface area contributed by atoms with Crippen LogP contribution in [0.15, 0.2) is 18.2 Å². The van der Waals surface area contributed by atoms with E-state index in [0.717, 1.165) is 31.1 Å². The van der Waals surface area contributed by atoms with E-state index in [1.807, 2.05) is 13.0 Å². The van der Waals surface area contributed by atoms with Gasteiger partial charge in [-0.2, -0.15) is 0 Å². The average molecular weight is 273 g/mol. The number of piperazine rings is 1. The summed E-state index contributed by atoms with van der Waals surface area (Å²) in [5, 5.41) is 6.86. The molecule has 4 nitrogen and oxygen atoms in total. The quantitative estimate of drug-likeness (QED) is 0.876. The molecule has 0 aliphatic carbocycles. The zero-order chi connectivity index (χ0) is 12.1. The largest absolute Gasteiger partial charge is 0.493 e. The summed E-state index contributed by atoms with van der Waals surface area (Å²) >= 11 is 0. The summed E-state index contributed by atoms with van der Waals surface area (Å²) in [5.41, 5.74) is 1.23. The number of nitrogens with one attached hydrogen (secondary N) is 2. The van der Waals surface area contributed by atoms with Gasteiger partial charge < -0.3 is 20.1 Å². The smallest absolute Gasteiger partial charge is 0.161 e. The van der Waals surface area contributed by atoms with Crippen molar-refractivity contribution in [2.24, 2.45) is 0 Å². The van der Waals surface area contributed by atoms with Crippen LogP contribution in [0.25, 0.3) is 0 Å². The second kappa shape index (κ2) is 7.46. The summed E-state index contributed by atoms with van der Waals surface area (Å²) in [6, 6.07) is 6.48. The predicted octanol–water partition coefficient (Wildman–Crippen LogP) is 1.75. The third kappa shape index (κ3) is 3.51. The molecule has 1 aliphatic rings. The first-order chi connectivity index (χ1) is 8.35. The Bertz CT molecular complexity index is 368. The first kappa shape index (κ1) is 15.1. The Balaban J connectivity index is 0.00000162. The number of hydrogen-bond acceptors (Lipinski definition) is 4. The SMILES string of the molecule is CCOc1ccc([C@@H]2CNCCN2)cc1OC.Cl. The molecule has 0 saturated carbocycles. The molecule has 1 aliphatic heterocycles. The zero-order valence-electron chi connectivity index (χ0n) is 10.9. The molecule has 1 atom stereocenters. The van der Waals surface area contributed by atoms with Gasteiger partial charge in [0.05, 0.1) is 13.7 Å². The van der Waals surface area contributed by atoms with E-state index in [4.69, 9.17) is 9.47 Å². The van der Waals surface area contributed by atoms with Gasteiger partial charge in [-0.25, -0.2) is 0 Å². The second-order valence-corrected chi connectivity index (χ2v) is 4.05. The van der Waals surface area contributed by atoms with Gasteiger partial charge in [0.15, 0.2) is 11.5 Å². The van der Waals surface area contributed by atoms with Crippen LogP contribution in [0.1, 0.15) is 18.5 Å². The fourth-order valence-corrected chi connectivity index (χ4v) is 2.06. The number of halogens is 1. The van der Waals surface area contributed by atoms with Crippen molar-refractivity contribution in [1.29, 1.82) is 0 Å². The average Bonchev–Trinajstić information content (AvgIpc) is 2.40. The summed E-state index contributed by atoms with van der Waals surface area (Å²) in [7, 11) is 1.67. The normalized spacial score (nSPS) is 18.9. The monoisotopic (exact) mass is 272 g/mol. The molecule has 1 saturated heterocycles. The molecule has 1 fully saturated rings. The maximum Gasteiger partial charge on any atom is 0.161 e. The van der Waals surface area contributed by atoms with E-state index in [2.05, 4.69) is 22.8 Å². The van der Waals surface area contributed by atoms with Gasteiger partial charge in [-0.3, -0.25) is 0 Å². The van der Waals surface area contributed by atoms with E-state index in [-0.39, 0.29) is 12.4 Å². The lowest BCUT2D eigenvalue weighted by molar-refractivity contribution is 0.310. The van der Waals surface area contributed by atoms with Gasteiger partial charge in [0.2, 0.25) is 0 Å². The molecule has 0 amide bonds. The van der Waals surface area contributed by atoms with Crippen molar-refractivity contribution in [3.8, 4) is 11.5 Å². The first-order valence-corrected chi connectivity index (χ1v) is 6.10. The standard InChI is InChI=1S/C13H20N2O2.ClH/c1-3-17-12-5-4-10(8-13(12)16-2)11-9-14-6-7-15-11;/h4-5,8,11,14-15H,3,6-7,9H2,1-2H3;1H/t11-;/m0./s1. The van der Waals surface area contributed by atoms with E-state index >= 15 is 0 Å². The van der Waals surface area contributed by atoms with Crippen LogP contribution in [0.3, 0.4) is 0 Å². The van der Waals surface area contributed by atoms with Crippen molar-refractivity contribution in [3.63, 3.8) is 0 Å². The van der Waals surface area contributed by atoms with Crippen molar-refractivity contribution in [2.45, 2.75) is 13.0 Å². The van der Waals surface area contributed by atoms with Gasteiger partial charge in [0.1, 0.15) is 0 Å². The molecular weight excluding hydrogens is 252 g/mol. The van der Waals surface area contributed by atoms with E-state index < -0.39 is 0 Å². The van der Waals surface area contributed by atoms with Gasteiger partial charge in [-0.05, 0) is 24.6 Å². The molecule has 2 N–H and O–H groups in total. The molecule has 0 unspecified atom stereocenters. The molecule has 5 heteroatoms. The molecular formula is C13H21ClN2O2. The second-order valence-electron chi connectivity index (χ2n) is 4.05. The van der Waals surface area contributed by atoms with Crippen LogP contribution in [-0.4, -0.2) is 33.4 Å². The molecule has 2 rings (SSSR count). The highest BCUT2D eigenvalue weighted by atomic mass is 35.5. The van der Waals surface area contributed by atoms with E-state index in [1.165, 1.54) is 5.56 Å². The lowest BCUT2D eigenvalue weighted by Crippen LogP contribution is -2.42. The van der Waals surface area contributed by atoms with E-state index in [1.54, 1.807) is 7.11 Å². The van der Waals surface area contributed by atoms with E-state index in [9.17, 15) is 0 Å². The van der Waals surface area contributed by atoms with Crippen molar-refractivity contribution in [2.75, 3.05) is 33.4 Å². The van der Waals surface area contributed by atoms with Gasteiger partial charge in [0, 0.05) is 25.7 Å². The molecule has 0 spiro atoms. The predicted molar refractivity (Wildman–Crippen MR) is 75.0 cm³/mol. The number of benzene rings is 1. The zero-order valence-corrected chi connectivity index (χ0v) is 11.7. The summed E-state index contributed by atoms with van der Waals surface area (Å²) in [6.45, 7) is 5.61. The number of rotatable bonds is 4. The summed E-state index contributed by atoms with van der Waals surface area (Å²) in [6.07, 6.45) is 0. The lowest BCUT2D eigenvalue weighted by atomic mass is 10.0. The molecule has 18 heavy (non-hydrogen) atoms. The summed E-state index contributed by atoms with van der Waals surface area (Å²) in [4.78, 5) is 0. The Morgan fingerprint density at radius 3 is 2.72 bits per heavy atom. The van der Waals surface area contributed by atoms with Gasteiger partial charge in [-0.15, -0.1) is 12.4 Å². The summed E-state index contributed by atoms with van der Waals surface area (Å²) < 4.78 is 10.9. The van der Waals surface area contributed by atoms with Crippen LogP contribution >= 0.6 is 12.4 Å². The molecule has 1 aromatic rings. The highest BCUT2D eigenvalue weighted by Gasteiger charge is 2.16. The minimum Gasteiger partial charge on any atom is -0.493 e. The molecule has 0 radical (unpaired) electrons. The highest BCUT2D eigenvalue weighted by Crippen LogP contribution is 2.30. The maximum absolute atomic E-state index is 5.51. The molecule has 1 heterocycles. The fourth-order valence-electron chi connectivity index (χ4n) is 2.06. The maximum atomic E-state index is 5.51. The Morgan fingerprint density at radius 2 is 2.11 bits per heavy atom. The van der Waals surface area contributed by atoms with Crippen molar-refractivity contribution in [3.05, 3.63) is 23.8 Å². The van der Waals surface area contributed by atoms with Crippen molar-refractivity contribution < 1.29 is 9.47 Å². The number of methoxy groups -OCH3 is 1. The third-order valence-electron chi connectivity index (χ3n) is 2.93. The summed E-state index contributed by atoms with van der Waals surface area (Å²) in [5.74, 6) is 1.61. The molecule has 1 aromatic carbocycles. The lowest BCUT2D eigenvalue weighted by Gasteiger charge is -2.25. The van der Waals surface area contributed by atoms with Crippen LogP contribution < -0.4 is 20.1 Å². The third-order valence-corrected chi connectivity index (χ3v) is 2.93. The highest BCUT2D eigenvalue weighted by molar-refractivity contribution is 5.85. The molecule has 0 aromatic heterocycles. The van der Waals surface area contributed by atoms with Crippen LogP contribution in [0.4, 0.5) is 0 Å². The van der Waals surface area contributed by atoms with Crippen molar-refractivity contribution in [1.82, 2.24) is 10.6 Å². The fraction of sp³-hybridized carbons (Fsp3) is 0.538. The van der Waals surface area contributed by atoms with Crippen LogP contribution in [0, 0.1) is 0 Å². The number of ether oxygens (including phenoxy) is 2. The Morgan fingerprint density at radius 1 is 1.28 bits per heavy atom.